The van der Waals surface area contributed by atoms with Crippen LogP contribution in [0.2, 0.25) is 0 Å². The van der Waals surface area contributed by atoms with E-state index in [1.807, 2.05) is 30.3 Å². The van der Waals surface area contributed by atoms with E-state index < -0.39 is 9.84 Å². The van der Waals surface area contributed by atoms with Gasteiger partial charge in [0.1, 0.15) is 0 Å². The van der Waals surface area contributed by atoms with Crippen molar-refractivity contribution in [3.63, 3.8) is 0 Å². The molecular weight excluding hydrogens is 224 g/mol. The van der Waals surface area contributed by atoms with Gasteiger partial charge in [0, 0.05) is 6.04 Å². The Morgan fingerprint density at radius 3 is 2.50 bits per heavy atom. The molecule has 5 heteroatoms. The van der Waals surface area contributed by atoms with Crippen molar-refractivity contribution in [3.05, 3.63) is 35.9 Å². The van der Waals surface area contributed by atoms with Gasteiger partial charge in [0.05, 0.1) is 11.5 Å². The number of hydrazine groups is 1. The first-order valence-corrected chi connectivity index (χ1v) is 7.16. The molecule has 2 atom stereocenters. The summed E-state index contributed by atoms with van der Waals surface area (Å²) in [5.41, 5.74) is 3.78. The summed E-state index contributed by atoms with van der Waals surface area (Å²) in [5, 5.41) is 0. The van der Waals surface area contributed by atoms with Crippen molar-refractivity contribution >= 4 is 9.84 Å². The lowest BCUT2D eigenvalue weighted by atomic mass is 9.93. The van der Waals surface area contributed by atoms with E-state index >= 15 is 0 Å². The van der Waals surface area contributed by atoms with Gasteiger partial charge in [-0.05, 0) is 17.9 Å². The Labute approximate surface area is 95.7 Å². The summed E-state index contributed by atoms with van der Waals surface area (Å²) in [6.07, 6.45) is 0.687. The van der Waals surface area contributed by atoms with E-state index in [2.05, 4.69) is 5.43 Å². The average Bonchev–Trinajstić information content (AvgIpc) is 2.62. The molecule has 0 spiro atoms. The molecule has 1 fully saturated rings. The van der Waals surface area contributed by atoms with E-state index in [1.165, 1.54) is 0 Å². The summed E-state index contributed by atoms with van der Waals surface area (Å²) >= 11 is 0. The lowest BCUT2D eigenvalue weighted by Gasteiger charge is -2.21. The SMILES string of the molecule is NNC(c1ccccc1)C1CCS(=O)(=O)C1. The predicted molar refractivity (Wildman–Crippen MR) is 63.3 cm³/mol. The fourth-order valence-electron chi connectivity index (χ4n) is 2.25. The van der Waals surface area contributed by atoms with Crippen molar-refractivity contribution in [2.75, 3.05) is 11.5 Å². The molecular formula is C11H16N2O2S. The van der Waals surface area contributed by atoms with Gasteiger partial charge in [0.25, 0.3) is 0 Å². The molecule has 4 nitrogen and oxygen atoms in total. The number of hydrogen-bond acceptors (Lipinski definition) is 4. The van der Waals surface area contributed by atoms with Crippen molar-refractivity contribution in [1.29, 1.82) is 0 Å². The smallest absolute Gasteiger partial charge is 0.150 e. The molecule has 0 bridgehead atoms. The Morgan fingerprint density at radius 1 is 1.31 bits per heavy atom. The van der Waals surface area contributed by atoms with Crippen LogP contribution in [-0.2, 0) is 9.84 Å². The third kappa shape index (κ3) is 2.42. The van der Waals surface area contributed by atoms with Crippen molar-refractivity contribution in [3.8, 4) is 0 Å². The lowest BCUT2D eigenvalue weighted by molar-refractivity contribution is 0.399. The van der Waals surface area contributed by atoms with Crippen molar-refractivity contribution in [2.45, 2.75) is 12.5 Å². The molecule has 3 N–H and O–H groups in total. The van der Waals surface area contributed by atoms with Crippen LogP contribution < -0.4 is 11.3 Å². The lowest BCUT2D eigenvalue weighted by Crippen LogP contribution is -2.34. The Morgan fingerprint density at radius 2 is 2.00 bits per heavy atom. The Balaban J connectivity index is 2.19. The molecule has 1 heterocycles. The second-order valence-electron chi connectivity index (χ2n) is 4.22. The minimum atomic E-state index is -2.85. The summed E-state index contributed by atoms with van der Waals surface area (Å²) in [5.74, 6) is 6.12. The zero-order valence-electron chi connectivity index (χ0n) is 8.96. The molecule has 88 valence electrons. The first-order chi connectivity index (χ1) is 7.62. The van der Waals surface area contributed by atoms with Crippen molar-refractivity contribution < 1.29 is 8.42 Å². The van der Waals surface area contributed by atoms with Crippen LogP contribution in [0, 0.1) is 5.92 Å². The zero-order valence-corrected chi connectivity index (χ0v) is 9.78. The largest absolute Gasteiger partial charge is 0.271 e. The topological polar surface area (TPSA) is 72.2 Å². The van der Waals surface area contributed by atoms with Gasteiger partial charge in [-0.3, -0.25) is 11.3 Å². The molecule has 1 aliphatic heterocycles. The second-order valence-corrected chi connectivity index (χ2v) is 6.45. The number of nitrogens with one attached hydrogen (secondary N) is 1. The molecule has 0 aromatic heterocycles. The van der Waals surface area contributed by atoms with E-state index in [1.54, 1.807) is 0 Å². The normalized spacial score (nSPS) is 25.4. The predicted octanol–water partition coefficient (Wildman–Crippen LogP) is 0.626. The van der Waals surface area contributed by atoms with Crippen molar-refractivity contribution in [2.24, 2.45) is 11.8 Å². The zero-order chi connectivity index (χ0) is 11.6. The molecule has 1 aromatic carbocycles. The Bertz CT molecular complexity index is 444. The molecule has 16 heavy (non-hydrogen) atoms. The maximum atomic E-state index is 11.4. The Kier molecular flexibility index (Phi) is 3.28. The fourth-order valence-corrected chi connectivity index (χ4v) is 4.09. The van der Waals surface area contributed by atoms with Crippen LogP contribution in [0.15, 0.2) is 30.3 Å². The van der Waals surface area contributed by atoms with Gasteiger partial charge in [-0.25, -0.2) is 8.42 Å². The van der Waals surface area contributed by atoms with Gasteiger partial charge in [0.15, 0.2) is 9.84 Å². The quantitative estimate of drug-likeness (QED) is 0.600. The maximum absolute atomic E-state index is 11.4. The van der Waals surface area contributed by atoms with Crippen LogP contribution in [0.5, 0.6) is 0 Å². The minimum Gasteiger partial charge on any atom is -0.271 e. The number of sulfone groups is 1. The van der Waals surface area contributed by atoms with Crippen LogP contribution >= 0.6 is 0 Å². The van der Waals surface area contributed by atoms with Crippen molar-refractivity contribution in [1.82, 2.24) is 5.43 Å². The fraction of sp³-hybridized carbons (Fsp3) is 0.455. The molecule has 0 aliphatic carbocycles. The molecule has 1 saturated heterocycles. The summed E-state index contributed by atoms with van der Waals surface area (Å²) in [7, 11) is -2.85. The number of nitrogens with two attached hydrogens (primary N) is 1. The van der Waals surface area contributed by atoms with Gasteiger partial charge in [-0.2, -0.15) is 0 Å². The van der Waals surface area contributed by atoms with Crippen LogP contribution in [0.3, 0.4) is 0 Å². The number of rotatable bonds is 3. The second kappa shape index (κ2) is 4.53. The summed E-state index contributed by atoms with van der Waals surface area (Å²) in [6, 6.07) is 9.66. The molecule has 2 unspecified atom stereocenters. The van der Waals surface area contributed by atoms with Crippen LogP contribution in [0.25, 0.3) is 0 Å². The van der Waals surface area contributed by atoms with E-state index in [9.17, 15) is 8.42 Å². The summed E-state index contributed by atoms with van der Waals surface area (Å²) < 4.78 is 22.8. The van der Waals surface area contributed by atoms with Gasteiger partial charge in [-0.15, -0.1) is 0 Å². The van der Waals surface area contributed by atoms with Gasteiger partial charge >= 0.3 is 0 Å². The van der Waals surface area contributed by atoms with E-state index in [4.69, 9.17) is 5.84 Å². The van der Waals surface area contributed by atoms with E-state index in [-0.39, 0.29) is 23.5 Å². The van der Waals surface area contributed by atoms with E-state index in [0.29, 0.717) is 6.42 Å². The molecule has 1 aliphatic rings. The van der Waals surface area contributed by atoms with Crippen LogP contribution in [-0.4, -0.2) is 19.9 Å². The number of hydrogen-bond donors (Lipinski definition) is 2. The highest BCUT2D eigenvalue weighted by Crippen LogP contribution is 2.30. The number of benzene rings is 1. The standard InChI is InChI=1S/C11H16N2O2S/c12-13-11(9-4-2-1-3-5-9)10-6-7-16(14,15)8-10/h1-5,10-11,13H,6-8,12H2. The third-order valence-electron chi connectivity index (χ3n) is 3.08. The highest BCUT2D eigenvalue weighted by atomic mass is 32.2. The van der Waals surface area contributed by atoms with E-state index in [0.717, 1.165) is 5.56 Å². The molecule has 0 amide bonds. The maximum Gasteiger partial charge on any atom is 0.150 e. The monoisotopic (exact) mass is 240 g/mol. The van der Waals surface area contributed by atoms with Crippen LogP contribution in [0.1, 0.15) is 18.0 Å². The molecule has 2 rings (SSSR count). The molecule has 0 radical (unpaired) electrons. The van der Waals surface area contributed by atoms with Gasteiger partial charge in [-0.1, -0.05) is 30.3 Å². The first-order valence-electron chi connectivity index (χ1n) is 5.34. The molecule has 0 saturated carbocycles. The van der Waals surface area contributed by atoms with Gasteiger partial charge in [0.2, 0.25) is 0 Å². The highest BCUT2D eigenvalue weighted by molar-refractivity contribution is 7.91. The average molecular weight is 240 g/mol. The molecule has 1 aromatic rings. The summed E-state index contributed by atoms with van der Waals surface area (Å²) in [4.78, 5) is 0. The van der Waals surface area contributed by atoms with Crippen LogP contribution in [0.4, 0.5) is 0 Å². The highest BCUT2D eigenvalue weighted by Gasteiger charge is 2.33. The Hall–Kier alpha value is -0.910. The minimum absolute atomic E-state index is 0.0709. The van der Waals surface area contributed by atoms with Gasteiger partial charge < -0.3 is 0 Å². The third-order valence-corrected chi connectivity index (χ3v) is 4.87. The summed E-state index contributed by atoms with van der Waals surface area (Å²) in [6.45, 7) is 0. The first kappa shape index (κ1) is 11.6.